The smallest absolute Gasteiger partial charge is 0.335 e. The molecule has 9 heteroatoms. The highest BCUT2D eigenvalue weighted by Gasteiger charge is 2.18. The van der Waals surface area contributed by atoms with Crippen LogP contribution in [0.2, 0.25) is 0 Å². The van der Waals surface area contributed by atoms with Crippen molar-refractivity contribution in [2.75, 3.05) is 21.3 Å². The summed E-state index contributed by atoms with van der Waals surface area (Å²) in [7, 11) is 4.52. The molecule has 2 N–H and O–H groups in total. The van der Waals surface area contributed by atoms with Crippen LogP contribution in [0.4, 0.5) is 5.69 Å². The van der Waals surface area contributed by atoms with Crippen LogP contribution in [0.15, 0.2) is 57.0 Å². The number of aromatic amines is 1. The number of methoxy groups -OCH3 is 3. The van der Waals surface area contributed by atoms with E-state index in [0.29, 0.717) is 28.6 Å². The van der Waals surface area contributed by atoms with E-state index in [1.807, 2.05) is 0 Å². The summed E-state index contributed by atoms with van der Waals surface area (Å²) in [6.07, 6.45) is 0. The van der Waals surface area contributed by atoms with Gasteiger partial charge in [0.1, 0.15) is 28.5 Å². The lowest BCUT2D eigenvalue weighted by Gasteiger charge is -2.12. The summed E-state index contributed by atoms with van der Waals surface area (Å²) in [5.41, 5.74) is -0.751. The average Bonchev–Trinajstić information content (AvgIpc) is 2.73. The van der Waals surface area contributed by atoms with Crippen molar-refractivity contribution in [2.24, 2.45) is 4.99 Å². The maximum absolute atomic E-state index is 12.5. The molecule has 0 unspecified atom stereocenters. The van der Waals surface area contributed by atoms with Gasteiger partial charge in [-0.25, -0.2) is 14.4 Å². The molecule has 0 amide bonds. The van der Waals surface area contributed by atoms with Crippen molar-refractivity contribution in [1.29, 1.82) is 0 Å². The van der Waals surface area contributed by atoms with E-state index in [1.54, 1.807) is 49.4 Å². The number of aliphatic imine (C=N–C) groups is 1. The van der Waals surface area contributed by atoms with Crippen molar-refractivity contribution >= 4 is 11.4 Å². The number of aromatic nitrogens is 2. The van der Waals surface area contributed by atoms with Crippen molar-refractivity contribution < 1.29 is 19.3 Å². The average molecular weight is 411 g/mol. The van der Waals surface area contributed by atoms with Gasteiger partial charge >= 0.3 is 5.69 Å². The summed E-state index contributed by atoms with van der Waals surface area (Å²) < 4.78 is 16.6. The molecule has 0 aliphatic rings. The Morgan fingerprint density at radius 1 is 0.967 bits per heavy atom. The molecule has 0 bridgehead atoms. The van der Waals surface area contributed by atoms with Gasteiger partial charge in [-0.3, -0.25) is 9.78 Å². The van der Waals surface area contributed by atoms with Crippen LogP contribution >= 0.6 is 0 Å². The number of hydrogen-bond acceptors (Lipinski definition) is 7. The van der Waals surface area contributed by atoms with Crippen LogP contribution in [-0.2, 0) is 0 Å². The third-order valence-corrected chi connectivity index (χ3v) is 4.45. The second-order valence-electron chi connectivity index (χ2n) is 6.23. The standard InChI is InChI=1S/C21H21N3O6/c1-12(22-16-11-15(29-3)9-10-17(16)30-4)18-19(25)23-21(27)24(20(18)26)13-5-7-14(28-2)8-6-13/h5-11,26H,1-4H3,(H,23,25,27). The van der Waals surface area contributed by atoms with E-state index >= 15 is 0 Å². The van der Waals surface area contributed by atoms with Crippen LogP contribution in [0, 0.1) is 0 Å². The zero-order valence-corrected chi connectivity index (χ0v) is 16.9. The van der Waals surface area contributed by atoms with E-state index in [0.717, 1.165) is 4.57 Å². The minimum atomic E-state index is -0.779. The molecule has 0 atom stereocenters. The number of rotatable bonds is 6. The zero-order valence-electron chi connectivity index (χ0n) is 16.9. The number of hydrogen-bond donors (Lipinski definition) is 2. The molecule has 0 aliphatic carbocycles. The molecule has 2 aromatic carbocycles. The third kappa shape index (κ3) is 3.90. The molecule has 0 radical (unpaired) electrons. The molecule has 9 nitrogen and oxygen atoms in total. The van der Waals surface area contributed by atoms with Crippen LogP contribution in [0.25, 0.3) is 5.69 Å². The van der Waals surface area contributed by atoms with Gasteiger partial charge in [0.15, 0.2) is 0 Å². The molecule has 156 valence electrons. The second-order valence-corrected chi connectivity index (χ2v) is 6.23. The summed E-state index contributed by atoms with van der Waals surface area (Å²) in [4.78, 5) is 31.5. The van der Waals surface area contributed by atoms with Gasteiger partial charge < -0.3 is 19.3 Å². The van der Waals surface area contributed by atoms with Crippen molar-refractivity contribution in [1.82, 2.24) is 9.55 Å². The SMILES string of the molecule is COc1ccc(-n2c(O)c(C(C)=Nc3cc(OC)ccc3OC)c(=O)[nH]c2=O)cc1. The van der Waals surface area contributed by atoms with Gasteiger partial charge in [-0.15, -0.1) is 0 Å². The van der Waals surface area contributed by atoms with E-state index in [2.05, 4.69) is 9.98 Å². The number of benzene rings is 2. The predicted molar refractivity (Wildman–Crippen MR) is 112 cm³/mol. The quantitative estimate of drug-likeness (QED) is 0.602. The van der Waals surface area contributed by atoms with E-state index in [9.17, 15) is 14.7 Å². The highest BCUT2D eigenvalue weighted by molar-refractivity contribution is 6.02. The van der Waals surface area contributed by atoms with Gasteiger partial charge in [0.25, 0.3) is 5.56 Å². The number of H-pyrrole nitrogens is 1. The van der Waals surface area contributed by atoms with Crippen LogP contribution in [-0.4, -0.2) is 41.7 Å². The molecule has 0 saturated heterocycles. The lowest BCUT2D eigenvalue weighted by molar-refractivity contribution is 0.404. The van der Waals surface area contributed by atoms with Crippen LogP contribution in [0.3, 0.4) is 0 Å². The molecule has 0 saturated carbocycles. The molecule has 3 rings (SSSR count). The van der Waals surface area contributed by atoms with E-state index < -0.39 is 17.1 Å². The fourth-order valence-electron chi connectivity index (χ4n) is 2.94. The molecular weight excluding hydrogens is 390 g/mol. The number of aromatic hydroxyl groups is 1. The minimum absolute atomic E-state index is 0.143. The summed E-state index contributed by atoms with van der Waals surface area (Å²) in [6, 6.07) is 11.4. The van der Waals surface area contributed by atoms with E-state index in [-0.39, 0.29) is 11.3 Å². The highest BCUT2D eigenvalue weighted by atomic mass is 16.5. The molecule has 1 heterocycles. The molecule has 30 heavy (non-hydrogen) atoms. The predicted octanol–water partition coefficient (Wildman–Crippen LogP) is 2.40. The lowest BCUT2D eigenvalue weighted by Crippen LogP contribution is -2.32. The second kappa shape index (κ2) is 8.56. The Bertz CT molecular complexity index is 1210. The zero-order chi connectivity index (χ0) is 21.8. The summed E-state index contributed by atoms with van der Waals surface area (Å²) in [5, 5.41) is 10.8. The monoisotopic (exact) mass is 411 g/mol. The Balaban J connectivity index is 2.18. The Hall–Kier alpha value is -4.01. The molecular formula is C21H21N3O6. The fourth-order valence-corrected chi connectivity index (χ4v) is 2.94. The number of nitrogens with zero attached hydrogens (tertiary/aromatic N) is 2. The molecule has 0 fully saturated rings. The first-order chi connectivity index (χ1) is 14.4. The summed E-state index contributed by atoms with van der Waals surface area (Å²) >= 11 is 0. The lowest BCUT2D eigenvalue weighted by atomic mass is 10.2. The summed E-state index contributed by atoms with van der Waals surface area (Å²) in [5.74, 6) is 1.05. The van der Waals surface area contributed by atoms with E-state index in [4.69, 9.17) is 14.2 Å². The van der Waals surface area contributed by atoms with Crippen molar-refractivity contribution in [2.45, 2.75) is 6.92 Å². The molecule has 0 spiro atoms. The first kappa shape index (κ1) is 20.7. The van der Waals surface area contributed by atoms with Gasteiger partial charge in [0, 0.05) is 6.07 Å². The third-order valence-electron chi connectivity index (χ3n) is 4.45. The molecule has 3 aromatic rings. The first-order valence-electron chi connectivity index (χ1n) is 8.90. The van der Waals surface area contributed by atoms with Gasteiger partial charge in [-0.05, 0) is 43.3 Å². The fraction of sp³-hybridized carbons (Fsp3) is 0.190. The minimum Gasteiger partial charge on any atom is -0.497 e. The van der Waals surface area contributed by atoms with Gasteiger partial charge in [0.05, 0.1) is 32.7 Å². The molecule has 1 aromatic heterocycles. The van der Waals surface area contributed by atoms with E-state index in [1.165, 1.54) is 21.3 Å². The maximum Gasteiger partial charge on any atom is 0.335 e. The normalized spacial score (nSPS) is 11.3. The largest absolute Gasteiger partial charge is 0.497 e. The Kier molecular flexibility index (Phi) is 5.91. The van der Waals surface area contributed by atoms with Gasteiger partial charge in [-0.1, -0.05) is 0 Å². The van der Waals surface area contributed by atoms with Gasteiger partial charge in [0.2, 0.25) is 5.88 Å². The van der Waals surface area contributed by atoms with Crippen LogP contribution < -0.4 is 25.5 Å². The number of ether oxygens (including phenoxy) is 3. The molecule has 0 aliphatic heterocycles. The maximum atomic E-state index is 12.5. The van der Waals surface area contributed by atoms with Crippen LogP contribution in [0.1, 0.15) is 12.5 Å². The highest BCUT2D eigenvalue weighted by Crippen LogP contribution is 2.32. The Labute approximate surface area is 171 Å². The van der Waals surface area contributed by atoms with Crippen molar-refractivity contribution in [3.63, 3.8) is 0 Å². The van der Waals surface area contributed by atoms with Crippen molar-refractivity contribution in [3.05, 3.63) is 68.9 Å². The van der Waals surface area contributed by atoms with Gasteiger partial charge in [-0.2, -0.15) is 0 Å². The first-order valence-corrected chi connectivity index (χ1v) is 8.90. The topological polar surface area (TPSA) is 115 Å². The van der Waals surface area contributed by atoms with Crippen LogP contribution in [0.5, 0.6) is 23.1 Å². The number of nitrogens with one attached hydrogen (secondary N) is 1. The van der Waals surface area contributed by atoms with Crippen molar-refractivity contribution in [3.8, 4) is 28.8 Å². The Morgan fingerprint density at radius 3 is 2.20 bits per heavy atom. The Morgan fingerprint density at radius 2 is 1.60 bits per heavy atom. The summed E-state index contributed by atoms with van der Waals surface area (Å²) in [6.45, 7) is 1.55.